The molecule has 1 aromatic rings. The van der Waals surface area contributed by atoms with E-state index < -0.39 is 12.5 Å². The summed E-state index contributed by atoms with van der Waals surface area (Å²) in [5.41, 5.74) is 0. The van der Waals surface area contributed by atoms with Crippen molar-refractivity contribution in [1.82, 2.24) is 9.97 Å². The average Bonchev–Trinajstić information content (AvgIpc) is 1.85. The quantitative estimate of drug-likeness (QED) is 0.679. The molecule has 0 aliphatic heterocycles. The summed E-state index contributed by atoms with van der Waals surface area (Å²) in [5, 5.41) is 8.05. The molecule has 59 valence electrons. The predicted octanol–water partition coefficient (Wildman–Crippen LogP) is 0.404. The van der Waals surface area contributed by atoms with Crippen molar-refractivity contribution in [3.05, 3.63) is 24.3 Å². The Balaban J connectivity index is 2.66. The molecule has 11 heavy (non-hydrogen) atoms. The molecule has 0 aliphatic carbocycles. The number of hydrogen-bond donors (Lipinski definition) is 1. The van der Waals surface area contributed by atoms with Gasteiger partial charge in [0.15, 0.2) is 0 Å². The van der Waals surface area contributed by atoms with Crippen LogP contribution in [-0.2, 0) is 6.42 Å². The first-order chi connectivity index (χ1) is 5.08. The highest BCUT2D eigenvalue weighted by Crippen LogP contribution is 2.12. The van der Waals surface area contributed by atoms with Gasteiger partial charge in [-0.25, -0.2) is 9.97 Å². The Labute approximate surface area is 61.7 Å². The third kappa shape index (κ3) is 2.99. The third-order valence-corrected chi connectivity index (χ3v) is 0.947. The largest absolute Gasteiger partial charge is 0.360 e. The molecular formula is C6H5F2N2O. The molecule has 1 aromatic heterocycles. The molecule has 0 amide bonds. The SMILES string of the molecule is OC(F)(F)Cc1nc[c]cn1. The van der Waals surface area contributed by atoms with Gasteiger partial charge in [0.05, 0.1) is 6.42 Å². The van der Waals surface area contributed by atoms with Crippen molar-refractivity contribution in [2.24, 2.45) is 0 Å². The number of rotatable bonds is 2. The van der Waals surface area contributed by atoms with Crippen molar-refractivity contribution >= 4 is 0 Å². The summed E-state index contributed by atoms with van der Waals surface area (Å²) in [5.74, 6) is -0.101. The van der Waals surface area contributed by atoms with E-state index in [4.69, 9.17) is 5.11 Å². The van der Waals surface area contributed by atoms with Crippen molar-refractivity contribution in [3.8, 4) is 0 Å². The van der Waals surface area contributed by atoms with Gasteiger partial charge in [-0.3, -0.25) is 0 Å². The molecule has 0 unspecified atom stereocenters. The Morgan fingerprint density at radius 1 is 1.45 bits per heavy atom. The van der Waals surface area contributed by atoms with Gasteiger partial charge in [0, 0.05) is 18.5 Å². The molecule has 0 aromatic carbocycles. The van der Waals surface area contributed by atoms with E-state index in [-0.39, 0.29) is 5.82 Å². The van der Waals surface area contributed by atoms with Crippen molar-refractivity contribution in [2.75, 3.05) is 0 Å². The van der Waals surface area contributed by atoms with Gasteiger partial charge in [0.1, 0.15) is 5.82 Å². The number of aromatic nitrogens is 2. The molecule has 0 bridgehead atoms. The van der Waals surface area contributed by atoms with Gasteiger partial charge >= 0.3 is 6.11 Å². The van der Waals surface area contributed by atoms with Crippen LogP contribution in [0.4, 0.5) is 8.78 Å². The summed E-state index contributed by atoms with van der Waals surface area (Å²) >= 11 is 0. The van der Waals surface area contributed by atoms with Crippen molar-refractivity contribution in [1.29, 1.82) is 0 Å². The lowest BCUT2D eigenvalue weighted by atomic mass is 10.4. The summed E-state index contributed by atoms with van der Waals surface area (Å²) in [7, 11) is 0. The van der Waals surface area contributed by atoms with Gasteiger partial charge < -0.3 is 5.11 Å². The smallest absolute Gasteiger partial charge is 0.336 e. The fourth-order valence-corrected chi connectivity index (χ4v) is 0.572. The van der Waals surface area contributed by atoms with Crippen LogP contribution >= 0.6 is 0 Å². The summed E-state index contributed by atoms with van der Waals surface area (Å²) in [4.78, 5) is 6.91. The van der Waals surface area contributed by atoms with Gasteiger partial charge in [0.2, 0.25) is 0 Å². The molecule has 0 saturated carbocycles. The zero-order valence-corrected chi connectivity index (χ0v) is 5.46. The minimum absolute atomic E-state index is 0.101. The van der Waals surface area contributed by atoms with Crippen molar-refractivity contribution in [3.63, 3.8) is 0 Å². The predicted molar refractivity (Wildman–Crippen MR) is 31.7 cm³/mol. The number of hydrogen-bond acceptors (Lipinski definition) is 3. The van der Waals surface area contributed by atoms with E-state index in [0.717, 1.165) is 0 Å². The fraction of sp³-hybridized carbons (Fsp3) is 0.333. The minimum atomic E-state index is -3.73. The molecule has 1 radical (unpaired) electrons. The van der Waals surface area contributed by atoms with Crippen LogP contribution in [0.25, 0.3) is 0 Å². The molecule has 5 heteroatoms. The molecule has 1 N–H and O–H groups in total. The highest BCUT2D eigenvalue weighted by molar-refractivity contribution is 4.88. The number of aliphatic hydroxyl groups is 1. The normalized spacial score (nSPS) is 11.5. The average molecular weight is 159 g/mol. The number of halogens is 2. The van der Waals surface area contributed by atoms with Crippen LogP contribution in [0.3, 0.4) is 0 Å². The lowest BCUT2D eigenvalue weighted by molar-refractivity contribution is -0.197. The number of nitrogens with zero attached hydrogens (tertiary/aromatic N) is 2. The molecule has 1 rings (SSSR count). The van der Waals surface area contributed by atoms with E-state index in [2.05, 4.69) is 16.0 Å². The van der Waals surface area contributed by atoms with Gasteiger partial charge in [-0.1, -0.05) is 0 Å². The summed E-state index contributed by atoms with van der Waals surface area (Å²) in [6.07, 6.45) is -2.16. The molecule has 0 fully saturated rings. The zero-order chi connectivity index (χ0) is 8.32. The second kappa shape index (κ2) is 2.87. The fourth-order valence-electron chi connectivity index (χ4n) is 0.572. The standard InChI is InChI=1S/C6H5F2N2O/c7-6(8,11)4-5-9-2-1-3-10-5/h2-3,11H,4H2. The van der Waals surface area contributed by atoms with Crippen LogP contribution in [0.15, 0.2) is 12.4 Å². The summed E-state index contributed by atoms with van der Waals surface area (Å²) in [6.45, 7) is 0. The van der Waals surface area contributed by atoms with Gasteiger partial charge in [-0.2, -0.15) is 8.78 Å². The van der Waals surface area contributed by atoms with Crippen LogP contribution < -0.4 is 0 Å². The Hall–Kier alpha value is -1.10. The Morgan fingerprint density at radius 2 is 2.00 bits per heavy atom. The molecule has 0 spiro atoms. The third-order valence-electron chi connectivity index (χ3n) is 0.947. The van der Waals surface area contributed by atoms with Gasteiger partial charge in [-0.05, 0) is 0 Å². The van der Waals surface area contributed by atoms with Gasteiger partial charge in [-0.15, -0.1) is 0 Å². The highest BCUT2D eigenvalue weighted by Gasteiger charge is 2.25. The van der Waals surface area contributed by atoms with Crippen molar-refractivity contribution in [2.45, 2.75) is 12.5 Å². The monoisotopic (exact) mass is 159 g/mol. The molecule has 0 aliphatic rings. The molecule has 3 nitrogen and oxygen atoms in total. The number of alkyl halides is 2. The van der Waals surface area contributed by atoms with Crippen molar-refractivity contribution < 1.29 is 13.9 Å². The lowest BCUT2D eigenvalue weighted by Crippen LogP contribution is -2.19. The topological polar surface area (TPSA) is 46.0 Å². The molecule has 0 atom stereocenters. The Kier molecular flexibility index (Phi) is 2.09. The molecule has 0 saturated heterocycles. The summed E-state index contributed by atoms with van der Waals surface area (Å²) in [6, 6.07) is 2.47. The Bertz CT molecular complexity index is 222. The van der Waals surface area contributed by atoms with E-state index in [0.29, 0.717) is 0 Å². The molecular weight excluding hydrogens is 154 g/mol. The molecule has 1 heterocycles. The maximum atomic E-state index is 11.9. The van der Waals surface area contributed by atoms with Gasteiger partial charge in [0.25, 0.3) is 0 Å². The maximum absolute atomic E-state index is 11.9. The summed E-state index contributed by atoms with van der Waals surface area (Å²) < 4.78 is 23.7. The van der Waals surface area contributed by atoms with Crippen LogP contribution in [0.2, 0.25) is 0 Å². The Morgan fingerprint density at radius 3 is 2.45 bits per heavy atom. The van der Waals surface area contributed by atoms with E-state index in [1.165, 1.54) is 12.4 Å². The first-order valence-corrected chi connectivity index (χ1v) is 2.85. The minimum Gasteiger partial charge on any atom is -0.336 e. The van der Waals surface area contributed by atoms with E-state index >= 15 is 0 Å². The zero-order valence-electron chi connectivity index (χ0n) is 5.46. The van der Waals surface area contributed by atoms with Crippen LogP contribution in [-0.4, -0.2) is 21.2 Å². The van der Waals surface area contributed by atoms with Crippen LogP contribution in [0, 0.1) is 6.07 Å². The van der Waals surface area contributed by atoms with Crippen LogP contribution in [0.1, 0.15) is 5.82 Å². The first kappa shape index (κ1) is 8.00. The second-order valence-corrected chi connectivity index (χ2v) is 1.94. The second-order valence-electron chi connectivity index (χ2n) is 1.94. The van der Waals surface area contributed by atoms with E-state index in [9.17, 15) is 8.78 Å². The first-order valence-electron chi connectivity index (χ1n) is 2.85. The maximum Gasteiger partial charge on any atom is 0.360 e. The van der Waals surface area contributed by atoms with E-state index in [1.54, 1.807) is 0 Å². The lowest BCUT2D eigenvalue weighted by Gasteiger charge is -2.05. The van der Waals surface area contributed by atoms with E-state index in [1.807, 2.05) is 0 Å². The highest BCUT2D eigenvalue weighted by atomic mass is 19.3. The van der Waals surface area contributed by atoms with Crippen LogP contribution in [0.5, 0.6) is 0 Å².